The smallest absolute Gasteiger partial charge is 0.392 e. The largest absolute Gasteiger partial charge is 0.493 e. The van der Waals surface area contributed by atoms with Crippen molar-refractivity contribution in [2.45, 2.75) is 44.2 Å². The number of hydrogen-bond donors (Lipinski definition) is 0. The lowest BCUT2D eigenvalue weighted by atomic mass is 10.0. The second-order valence-corrected chi connectivity index (χ2v) is 7.50. The Morgan fingerprint density at radius 3 is 2.29 bits per heavy atom. The van der Waals surface area contributed by atoms with Gasteiger partial charge in [-0.25, -0.2) is 8.42 Å². The minimum absolute atomic E-state index is 0.0592. The number of alkyl halides is 3. The second kappa shape index (κ2) is 6.44. The van der Waals surface area contributed by atoms with Crippen LogP contribution >= 0.6 is 10.7 Å². The molecule has 0 amide bonds. The van der Waals surface area contributed by atoms with E-state index in [0.717, 1.165) is 0 Å². The van der Waals surface area contributed by atoms with E-state index in [1.807, 2.05) is 0 Å². The molecule has 0 radical (unpaired) electrons. The SMILES string of the molecule is Cc1cc(OCCC(F)(F)F)c(C(C)C)cc1S(=O)(=O)Cl. The molecule has 0 aliphatic heterocycles. The van der Waals surface area contributed by atoms with E-state index in [1.54, 1.807) is 13.8 Å². The van der Waals surface area contributed by atoms with Crippen LogP contribution in [0.5, 0.6) is 5.75 Å². The van der Waals surface area contributed by atoms with Gasteiger partial charge in [-0.2, -0.15) is 13.2 Å². The number of aryl methyl sites for hydroxylation is 1. The number of rotatable bonds is 5. The van der Waals surface area contributed by atoms with Gasteiger partial charge in [0.25, 0.3) is 9.05 Å². The molecule has 120 valence electrons. The topological polar surface area (TPSA) is 43.4 Å². The summed E-state index contributed by atoms with van der Waals surface area (Å²) in [5, 5.41) is 0. The molecule has 0 saturated heterocycles. The average molecular weight is 345 g/mol. The predicted octanol–water partition coefficient (Wildman–Crippen LogP) is 4.38. The molecule has 21 heavy (non-hydrogen) atoms. The van der Waals surface area contributed by atoms with Gasteiger partial charge < -0.3 is 4.74 Å². The third-order valence-corrected chi connectivity index (χ3v) is 4.30. The van der Waals surface area contributed by atoms with Crippen LogP contribution < -0.4 is 4.74 Å². The third-order valence-electron chi connectivity index (χ3n) is 2.84. The van der Waals surface area contributed by atoms with E-state index in [0.29, 0.717) is 11.1 Å². The highest BCUT2D eigenvalue weighted by Crippen LogP contribution is 2.33. The van der Waals surface area contributed by atoms with Crippen molar-refractivity contribution in [2.24, 2.45) is 0 Å². The lowest BCUT2D eigenvalue weighted by molar-refractivity contribution is -0.139. The van der Waals surface area contributed by atoms with Crippen molar-refractivity contribution in [3.05, 3.63) is 23.3 Å². The summed E-state index contributed by atoms with van der Waals surface area (Å²) in [7, 11) is 1.43. The van der Waals surface area contributed by atoms with Gasteiger partial charge in [0.1, 0.15) is 5.75 Å². The molecule has 1 aromatic carbocycles. The fourth-order valence-electron chi connectivity index (χ4n) is 1.79. The zero-order chi connectivity index (χ0) is 16.4. The predicted molar refractivity (Wildman–Crippen MR) is 74.5 cm³/mol. The Hall–Kier alpha value is -0.950. The van der Waals surface area contributed by atoms with E-state index in [9.17, 15) is 21.6 Å². The fraction of sp³-hybridized carbons (Fsp3) is 0.538. The molecule has 0 N–H and O–H groups in total. The van der Waals surface area contributed by atoms with Crippen molar-refractivity contribution < 1.29 is 26.3 Å². The van der Waals surface area contributed by atoms with Crippen LogP contribution in [0.25, 0.3) is 0 Å². The standard InChI is InChI=1S/C13H16ClF3O3S/c1-8(2)10-7-12(21(14,18)19)9(3)6-11(10)20-5-4-13(15,16)17/h6-8H,4-5H2,1-3H3. The number of ether oxygens (including phenoxy) is 1. The summed E-state index contributed by atoms with van der Waals surface area (Å²) in [5.74, 6) is 0.125. The minimum atomic E-state index is -4.30. The molecule has 0 saturated carbocycles. The van der Waals surface area contributed by atoms with Crippen LogP contribution in [0.4, 0.5) is 13.2 Å². The quantitative estimate of drug-likeness (QED) is 0.745. The maximum absolute atomic E-state index is 12.1. The van der Waals surface area contributed by atoms with Crippen molar-refractivity contribution in [3.63, 3.8) is 0 Å². The summed E-state index contributed by atoms with van der Waals surface area (Å²) in [4.78, 5) is -0.0592. The van der Waals surface area contributed by atoms with Gasteiger partial charge >= 0.3 is 6.18 Å². The van der Waals surface area contributed by atoms with Gasteiger partial charge in [0, 0.05) is 10.7 Å². The van der Waals surface area contributed by atoms with Gasteiger partial charge in [-0.15, -0.1) is 0 Å². The molecule has 0 heterocycles. The Morgan fingerprint density at radius 2 is 1.86 bits per heavy atom. The maximum atomic E-state index is 12.1. The molecular weight excluding hydrogens is 329 g/mol. The van der Waals surface area contributed by atoms with Crippen LogP contribution in [-0.4, -0.2) is 21.2 Å². The molecule has 0 bridgehead atoms. The van der Waals surface area contributed by atoms with Crippen LogP contribution in [0.15, 0.2) is 17.0 Å². The molecule has 0 fully saturated rings. The molecular formula is C13H16ClF3O3S. The number of benzene rings is 1. The molecule has 1 rings (SSSR count). The number of hydrogen-bond acceptors (Lipinski definition) is 3. The van der Waals surface area contributed by atoms with Crippen molar-refractivity contribution in [3.8, 4) is 5.75 Å². The molecule has 0 unspecified atom stereocenters. The summed E-state index contributed by atoms with van der Waals surface area (Å²) in [6, 6.07) is 2.76. The Morgan fingerprint density at radius 1 is 1.29 bits per heavy atom. The molecule has 0 aliphatic rings. The summed E-state index contributed by atoms with van der Waals surface area (Å²) in [6.07, 6.45) is -5.37. The lowest BCUT2D eigenvalue weighted by Crippen LogP contribution is -2.14. The Kier molecular flexibility index (Phi) is 5.55. The summed E-state index contributed by atoms with van der Waals surface area (Å²) < 4.78 is 64.5. The van der Waals surface area contributed by atoms with Gasteiger partial charge in [0.15, 0.2) is 0 Å². The third kappa shape index (κ3) is 5.39. The van der Waals surface area contributed by atoms with Crippen LogP contribution in [0, 0.1) is 6.92 Å². The highest BCUT2D eigenvalue weighted by Gasteiger charge is 2.27. The second-order valence-electron chi connectivity index (χ2n) is 4.96. The normalized spacial score (nSPS) is 12.8. The first-order chi connectivity index (χ1) is 9.42. The lowest BCUT2D eigenvalue weighted by Gasteiger charge is -2.17. The molecule has 1 aromatic rings. The van der Waals surface area contributed by atoms with Crippen LogP contribution in [0.3, 0.4) is 0 Å². The van der Waals surface area contributed by atoms with Crippen LogP contribution in [0.1, 0.15) is 37.3 Å². The van der Waals surface area contributed by atoms with E-state index in [4.69, 9.17) is 15.4 Å². The first-order valence-electron chi connectivity index (χ1n) is 6.20. The Labute approximate surface area is 126 Å². The minimum Gasteiger partial charge on any atom is -0.493 e. The fourth-order valence-corrected chi connectivity index (χ4v) is 3.00. The van der Waals surface area contributed by atoms with Crippen LogP contribution in [0.2, 0.25) is 0 Å². The molecule has 3 nitrogen and oxygen atoms in total. The van der Waals surface area contributed by atoms with Crippen molar-refractivity contribution >= 4 is 19.7 Å². The van der Waals surface area contributed by atoms with Gasteiger partial charge in [-0.05, 0) is 36.1 Å². The first kappa shape index (κ1) is 18.1. The van der Waals surface area contributed by atoms with Crippen LogP contribution in [-0.2, 0) is 9.05 Å². The highest BCUT2D eigenvalue weighted by molar-refractivity contribution is 8.13. The van der Waals surface area contributed by atoms with Gasteiger partial charge in [0.05, 0.1) is 17.9 Å². The zero-order valence-corrected chi connectivity index (χ0v) is 13.4. The maximum Gasteiger partial charge on any atom is 0.392 e. The Balaban J connectivity index is 3.12. The summed E-state index contributed by atoms with van der Waals surface area (Å²) in [6.45, 7) is 4.56. The first-order valence-corrected chi connectivity index (χ1v) is 8.51. The monoisotopic (exact) mass is 344 g/mol. The van der Waals surface area contributed by atoms with Crippen molar-refractivity contribution in [1.82, 2.24) is 0 Å². The van der Waals surface area contributed by atoms with Gasteiger partial charge in [-0.3, -0.25) is 0 Å². The Bertz CT molecular complexity index is 610. The van der Waals surface area contributed by atoms with Crippen molar-refractivity contribution in [2.75, 3.05) is 6.61 Å². The van der Waals surface area contributed by atoms with Gasteiger partial charge in [-0.1, -0.05) is 13.8 Å². The van der Waals surface area contributed by atoms with E-state index < -0.39 is 28.3 Å². The molecule has 0 aliphatic carbocycles. The van der Waals surface area contributed by atoms with Gasteiger partial charge in [0.2, 0.25) is 0 Å². The molecule has 0 atom stereocenters. The summed E-state index contributed by atoms with van der Waals surface area (Å²) >= 11 is 0. The molecule has 8 heteroatoms. The average Bonchev–Trinajstić information content (AvgIpc) is 2.24. The van der Waals surface area contributed by atoms with E-state index in [1.165, 1.54) is 19.1 Å². The number of halogens is 4. The molecule has 0 aromatic heterocycles. The highest BCUT2D eigenvalue weighted by atomic mass is 35.7. The van der Waals surface area contributed by atoms with E-state index in [-0.39, 0.29) is 16.6 Å². The molecule has 0 spiro atoms. The van der Waals surface area contributed by atoms with Crippen molar-refractivity contribution in [1.29, 1.82) is 0 Å². The van der Waals surface area contributed by atoms with E-state index >= 15 is 0 Å². The van der Waals surface area contributed by atoms with E-state index in [2.05, 4.69) is 0 Å². The zero-order valence-electron chi connectivity index (χ0n) is 11.8. The summed E-state index contributed by atoms with van der Waals surface area (Å²) in [5.41, 5.74) is 0.832.